The van der Waals surface area contributed by atoms with Crippen LogP contribution < -0.4 is 0 Å². The Labute approximate surface area is 164 Å². The molecule has 3 rings (SSSR count). The summed E-state index contributed by atoms with van der Waals surface area (Å²) in [5, 5.41) is 0. The summed E-state index contributed by atoms with van der Waals surface area (Å²) in [4.78, 5) is 0. The van der Waals surface area contributed by atoms with Crippen LogP contribution in [-0.2, 0) is 6.42 Å². The molecule has 2 heteroatoms. The van der Waals surface area contributed by atoms with Gasteiger partial charge in [0.1, 0.15) is 0 Å². The quantitative estimate of drug-likeness (QED) is 0.443. The van der Waals surface area contributed by atoms with Crippen molar-refractivity contribution in [3.8, 4) is 0 Å². The van der Waals surface area contributed by atoms with E-state index in [0.29, 0.717) is 12.3 Å². The number of alkyl halides is 2. The molecule has 0 radical (unpaired) electrons. The fraction of sp³-hybridized carbons (Fsp3) is 0.680. The van der Waals surface area contributed by atoms with E-state index in [-0.39, 0.29) is 18.3 Å². The van der Waals surface area contributed by atoms with Gasteiger partial charge in [0.25, 0.3) is 5.92 Å². The Morgan fingerprint density at radius 3 is 2.30 bits per heavy atom. The molecule has 0 bridgehead atoms. The van der Waals surface area contributed by atoms with Crippen molar-refractivity contribution in [2.24, 2.45) is 17.8 Å². The van der Waals surface area contributed by atoms with E-state index in [2.05, 4.69) is 31.2 Å². The molecule has 2 aliphatic rings. The summed E-state index contributed by atoms with van der Waals surface area (Å²) in [6.07, 6.45) is 13.3. The third-order valence-corrected chi connectivity index (χ3v) is 7.00. The molecule has 2 fully saturated rings. The summed E-state index contributed by atoms with van der Waals surface area (Å²) in [6.45, 7) is 4.16. The topological polar surface area (TPSA) is 0 Å². The first-order valence-corrected chi connectivity index (χ1v) is 11.1. The van der Waals surface area contributed by atoms with Gasteiger partial charge in [-0.15, -0.1) is 0 Å². The van der Waals surface area contributed by atoms with Crippen LogP contribution >= 0.6 is 0 Å². The molecule has 0 nitrogen and oxygen atoms in total. The molecule has 2 aliphatic carbocycles. The van der Waals surface area contributed by atoms with Gasteiger partial charge in [-0.3, -0.25) is 0 Å². The van der Waals surface area contributed by atoms with Gasteiger partial charge >= 0.3 is 0 Å². The Balaban J connectivity index is 1.54. The lowest BCUT2D eigenvalue weighted by Crippen LogP contribution is -2.40. The lowest BCUT2D eigenvalue weighted by molar-refractivity contribution is -0.121. The van der Waals surface area contributed by atoms with Crippen LogP contribution in [0.25, 0.3) is 0 Å². The Kier molecular flexibility index (Phi) is 7.11. The molecule has 1 aromatic carbocycles. The molecule has 0 aliphatic heterocycles. The maximum atomic E-state index is 14.8. The third kappa shape index (κ3) is 5.21. The summed E-state index contributed by atoms with van der Waals surface area (Å²) in [7, 11) is 0. The predicted octanol–water partition coefficient (Wildman–Crippen LogP) is 7.93. The standard InChI is InChI=1S/C25H36F2/c1-3-5-7-19-8-11-21(12-9-19)22-13-15-23(16-14-22)24-17-10-20(6-4-2)18-25(24,26)27/h4,6,8-9,11-12,20,22-24H,3,5,7,10,13-18H2,1-2H3/b6-4+. The molecule has 0 aromatic heterocycles. The minimum Gasteiger partial charge on any atom is -0.207 e. The number of allylic oxidation sites excluding steroid dienone is 2. The highest BCUT2D eigenvalue weighted by atomic mass is 19.3. The largest absolute Gasteiger partial charge is 0.251 e. The minimum absolute atomic E-state index is 0.0567. The van der Waals surface area contributed by atoms with Gasteiger partial charge in [0, 0.05) is 12.3 Å². The summed E-state index contributed by atoms with van der Waals surface area (Å²) in [5.74, 6) is -2.03. The van der Waals surface area contributed by atoms with E-state index < -0.39 is 11.8 Å². The van der Waals surface area contributed by atoms with Crippen LogP contribution in [0.4, 0.5) is 8.78 Å². The molecular weight excluding hydrogens is 338 g/mol. The molecule has 2 saturated carbocycles. The number of aryl methyl sites for hydroxylation is 1. The van der Waals surface area contributed by atoms with Crippen LogP contribution in [0.1, 0.15) is 88.7 Å². The van der Waals surface area contributed by atoms with Gasteiger partial charge in [0.2, 0.25) is 0 Å². The van der Waals surface area contributed by atoms with Crippen LogP contribution in [0.3, 0.4) is 0 Å². The fourth-order valence-electron chi connectivity index (χ4n) is 5.42. The normalized spacial score (nSPS) is 31.3. The highest BCUT2D eigenvalue weighted by Crippen LogP contribution is 2.50. The maximum Gasteiger partial charge on any atom is 0.251 e. The van der Waals surface area contributed by atoms with Gasteiger partial charge in [0.05, 0.1) is 0 Å². The molecule has 2 atom stereocenters. The van der Waals surface area contributed by atoms with E-state index in [4.69, 9.17) is 0 Å². The van der Waals surface area contributed by atoms with Crippen molar-refractivity contribution < 1.29 is 8.78 Å². The van der Waals surface area contributed by atoms with Gasteiger partial charge in [-0.25, -0.2) is 8.78 Å². The lowest BCUT2D eigenvalue weighted by Gasteiger charge is -2.42. The van der Waals surface area contributed by atoms with Crippen LogP contribution in [0, 0.1) is 17.8 Å². The number of hydrogen-bond donors (Lipinski definition) is 0. The van der Waals surface area contributed by atoms with Crippen molar-refractivity contribution in [3.63, 3.8) is 0 Å². The molecule has 2 unspecified atom stereocenters. The zero-order valence-corrected chi connectivity index (χ0v) is 17.1. The van der Waals surface area contributed by atoms with Crippen LogP contribution in [0.5, 0.6) is 0 Å². The maximum absolute atomic E-state index is 14.8. The Bertz CT molecular complexity index is 593. The van der Waals surface area contributed by atoms with E-state index in [0.717, 1.165) is 38.5 Å². The van der Waals surface area contributed by atoms with Gasteiger partial charge in [-0.1, -0.05) is 49.8 Å². The van der Waals surface area contributed by atoms with Crippen molar-refractivity contribution in [1.29, 1.82) is 0 Å². The Hall–Kier alpha value is -1.18. The van der Waals surface area contributed by atoms with E-state index in [1.807, 2.05) is 19.1 Å². The number of unbranched alkanes of at least 4 members (excludes halogenated alkanes) is 1. The van der Waals surface area contributed by atoms with Crippen molar-refractivity contribution in [2.45, 2.75) is 89.9 Å². The monoisotopic (exact) mass is 374 g/mol. The number of halogens is 2. The van der Waals surface area contributed by atoms with Gasteiger partial charge < -0.3 is 0 Å². The Morgan fingerprint density at radius 2 is 1.70 bits per heavy atom. The van der Waals surface area contributed by atoms with E-state index in [1.165, 1.54) is 24.0 Å². The summed E-state index contributed by atoms with van der Waals surface area (Å²) in [6, 6.07) is 9.11. The molecule has 0 N–H and O–H groups in total. The molecule has 150 valence electrons. The average Bonchev–Trinajstić information content (AvgIpc) is 2.67. The SMILES string of the molecule is C/C=C/C1CCC(C2CCC(c3ccc(CCCC)cc3)CC2)C(F)(F)C1. The second-order valence-electron chi connectivity index (χ2n) is 8.89. The van der Waals surface area contributed by atoms with E-state index >= 15 is 0 Å². The first kappa shape index (κ1) is 20.6. The highest BCUT2D eigenvalue weighted by Gasteiger charge is 2.48. The summed E-state index contributed by atoms with van der Waals surface area (Å²) in [5.41, 5.74) is 2.84. The van der Waals surface area contributed by atoms with Crippen molar-refractivity contribution in [1.82, 2.24) is 0 Å². The number of hydrogen-bond acceptors (Lipinski definition) is 0. The van der Waals surface area contributed by atoms with E-state index in [1.54, 1.807) is 0 Å². The molecule has 0 heterocycles. The predicted molar refractivity (Wildman–Crippen MR) is 110 cm³/mol. The lowest BCUT2D eigenvalue weighted by atomic mass is 9.66. The first-order valence-electron chi connectivity index (χ1n) is 11.1. The van der Waals surface area contributed by atoms with Crippen LogP contribution in [0.2, 0.25) is 0 Å². The van der Waals surface area contributed by atoms with Crippen molar-refractivity contribution in [2.75, 3.05) is 0 Å². The number of benzene rings is 1. The molecule has 0 saturated heterocycles. The summed E-state index contributed by atoms with van der Waals surface area (Å²) < 4.78 is 29.5. The van der Waals surface area contributed by atoms with E-state index in [9.17, 15) is 8.78 Å². The van der Waals surface area contributed by atoms with Crippen molar-refractivity contribution in [3.05, 3.63) is 47.5 Å². The molecule has 27 heavy (non-hydrogen) atoms. The average molecular weight is 375 g/mol. The first-order chi connectivity index (χ1) is 13.0. The second kappa shape index (κ2) is 9.34. The zero-order chi connectivity index (χ0) is 19.3. The zero-order valence-electron chi connectivity index (χ0n) is 17.1. The smallest absolute Gasteiger partial charge is 0.207 e. The van der Waals surface area contributed by atoms with Gasteiger partial charge in [0.15, 0.2) is 0 Å². The second-order valence-corrected chi connectivity index (χ2v) is 8.89. The third-order valence-electron chi connectivity index (χ3n) is 7.00. The molecule has 0 amide bonds. The fourth-order valence-corrected chi connectivity index (χ4v) is 5.42. The number of rotatable bonds is 6. The van der Waals surface area contributed by atoms with Crippen LogP contribution in [0.15, 0.2) is 36.4 Å². The Morgan fingerprint density at radius 1 is 1.00 bits per heavy atom. The highest BCUT2D eigenvalue weighted by molar-refractivity contribution is 5.26. The van der Waals surface area contributed by atoms with Gasteiger partial charge in [-0.2, -0.15) is 0 Å². The molecular formula is C25H36F2. The van der Waals surface area contributed by atoms with Crippen LogP contribution in [-0.4, -0.2) is 5.92 Å². The molecule has 1 aromatic rings. The van der Waals surface area contributed by atoms with Gasteiger partial charge in [-0.05, 0) is 87.2 Å². The van der Waals surface area contributed by atoms with Crippen molar-refractivity contribution >= 4 is 0 Å². The summed E-state index contributed by atoms with van der Waals surface area (Å²) >= 11 is 0. The molecule has 0 spiro atoms. The minimum atomic E-state index is -2.49.